The summed E-state index contributed by atoms with van der Waals surface area (Å²) in [5.74, 6) is 0.153. The Morgan fingerprint density at radius 3 is 2.52 bits per heavy atom. The Hall–Kier alpha value is -2.27. The molecule has 2 aromatic rings. The summed E-state index contributed by atoms with van der Waals surface area (Å²) < 4.78 is 37.7. The molecular weight excluding hydrogens is 364 g/mol. The molecule has 25 heavy (non-hydrogen) atoms. The minimum atomic E-state index is -4.05. The molecule has 0 amide bonds. The minimum absolute atomic E-state index is 0.102. The second-order valence-electron chi connectivity index (χ2n) is 4.94. The molecule has 2 aromatic carbocycles. The molecule has 0 saturated carbocycles. The van der Waals surface area contributed by atoms with Gasteiger partial charge in [-0.15, -0.1) is 0 Å². The fourth-order valence-electron chi connectivity index (χ4n) is 2.13. The lowest BCUT2D eigenvalue weighted by molar-refractivity contribution is 0.144. The van der Waals surface area contributed by atoms with Gasteiger partial charge >= 0.3 is 0 Å². The van der Waals surface area contributed by atoms with Gasteiger partial charge in [-0.1, -0.05) is 29.8 Å². The van der Waals surface area contributed by atoms with E-state index >= 15 is 0 Å². The molecule has 0 aliphatic carbocycles. The lowest BCUT2D eigenvalue weighted by Gasteiger charge is -2.23. The van der Waals surface area contributed by atoms with E-state index in [9.17, 15) is 8.42 Å². The first-order chi connectivity index (χ1) is 12.0. The van der Waals surface area contributed by atoms with Gasteiger partial charge in [0.2, 0.25) is 0 Å². The number of para-hydroxylation sites is 1. The average molecular weight is 381 g/mol. The maximum absolute atomic E-state index is 13.1. The van der Waals surface area contributed by atoms with E-state index in [0.29, 0.717) is 12.3 Å². The van der Waals surface area contributed by atoms with Gasteiger partial charge in [-0.2, -0.15) is 5.26 Å². The third-order valence-corrected chi connectivity index (χ3v) is 5.31. The van der Waals surface area contributed by atoms with Crippen molar-refractivity contribution in [2.24, 2.45) is 0 Å². The summed E-state index contributed by atoms with van der Waals surface area (Å²) >= 11 is 5.98. The fraction of sp³-hybridized carbons (Fsp3) is 0.235. The number of methoxy groups -OCH3 is 1. The molecule has 0 spiro atoms. The van der Waals surface area contributed by atoms with Crippen LogP contribution in [-0.2, 0) is 14.8 Å². The van der Waals surface area contributed by atoms with Gasteiger partial charge in [0.25, 0.3) is 10.0 Å². The number of nitriles is 1. The summed E-state index contributed by atoms with van der Waals surface area (Å²) in [5.41, 5.74) is 0.381. The summed E-state index contributed by atoms with van der Waals surface area (Å²) in [6, 6.07) is 14.6. The summed E-state index contributed by atoms with van der Waals surface area (Å²) in [6.07, 6.45) is 0. The molecule has 0 radical (unpaired) electrons. The quantitative estimate of drug-likeness (QED) is 0.519. The maximum atomic E-state index is 13.1. The number of rotatable bonds is 8. The summed E-state index contributed by atoms with van der Waals surface area (Å²) in [7, 11) is -2.53. The third kappa shape index (κ3) is 4.63. The first-order valence-electron chi connectivity index (χ1n) is 7.36. The average Bonchev–Trinajstić information content (AvgIpc) is 2.61. The Bertz CT molecular complexity index is 851. The molecule has 0 aromatic heterocycles. The van der Waals surface area contributed by atoms with Gasteiger partial charge in [0.1, 0.15) is 23.8 Å². The molecule has 8 heteroatoms. The molecule has 6 nitrogen and oxygen atoms in total. The molecular formula is C17H17ClN2O4S. The van der Waals surface area contributed by atoms with Crippen molar-refractivity contribution < 1.29 is 17.9 Å². The van der Waals surface area contributed by atoms with E-state index in [4.69, 9.17) is 26.3 Å². The molecule has 0 unspecified atom stereocenters. The van der Waals surface area contributed by atoms with Crippen LogP contribution in [-0.4, -0.2) is 35.3 Å². The van der Waals surface area contributed by atoms with Crippen molar-refractivity contribution in [3.63, 3.8) is 0 Å². The molecule has 0 N–H and O–H groups in total. The van der Waals surface area contributed by atoms with Crippen molar-refractivity contribution in [2.45, 2.75) is 4.90 Å². The van der Waals surface area contributed by atoms with E-state index in [1.54, 1.807) is 36.4 Å². The molecule has 0 aliphatic heterocycles. The maximum Gasteiger partial charge on any atom is 0.269 e. The second kappa shape index (κ2) is 8.72. The highest BCUT2D eigenvalue weighted by Gasteiger charge is 2.28. The van der Waals surface area contributed by atoms with E-state index < -0.39 is 10.0 Å². The molecule has 0 fully saturated rings. The lowest BCUT2D eigenvalue weighted by atomic mass is 10.3. The lowest BCUT2D eigenvalue weighted by Crippen LogP contribution is -2.31. The molecule has 0 bridgehead atoms. The van der Waals surface area contributed by atoms with Crippen LogP contribution >= 0.6 is 11.6 Å². The van der Waals surface area contributed by atoms with Crippen LogP contribution in [0.2, 0.25) is 5.02 Å². The standard InChI is InChI=1S/C17H17ClN2O4S/c1-23-11-12-24-16-8-7-14(18)13-17(16)25(21,22)20(10-9-19)15-5-3-2-4-6-15/h2-8,13H,10-12H2,1H3. The molecule has 132 valence electrons. The zero-order valence-electron chi connectivity index (χ0n) is 13.6. The Labute approximate surface area is 152 Å². The minimum Gasteiger partial charge on any atom is -0.490 e. The largest absolute Gasteiger partial charge is 0.490 e. The molecule has 0 saturated heterocycles. The smallest absolute Gasteiger partial charge is 0.269 e. The Morgan fingerprint density at radius 2 is 1.88 bits per heavy atom. The Kier molecular flexibility index (Phi) is 6.65. The predicted molar refractivity (Wildman–Crippen MR) is 95.4 cm³/mol. The van der Waals surface area contributed by atoms with Gasteiger partial charge in [-0.3, -0.25) is 4.31 Å². The number of anilines is 1. The third-order valence-electron chi connectivity index (χ3n) is 3.28. The Morgan fingerprint density at radius 1 is 1.16 bits per heavy atom. The van der Waals surface area contributed by atoms with Gasteiger partial charge in [0, 0.05) is 12.1 Å². The van der Waals surface area contributed by atoms with Crippen LogP contribution < -0.4 is 9.04 Å². The monoisotopic (exact) mass is 380 g/mol. The van der Waals surface area contributed by atoms with E-state index in [1.807, 2.05) is 6.07 Å². The number of sulfonamides is 1. The molecule has 0 heterocycles. The number of nitrogens with zero attached hydrogens (tertiary/aromatic N) is 2. The van der Waals surface area contributed by atoms with Gasteiger partial charge in [-0.25, -0.2) is 8.42 Å². The van der Waals surface area contributed by atoms with Crippen molar-refractivity contribution in [3.05, 3.63) is 53.6 Å². The molecule has 2 rings (SSSR count). The van der Waals surface area contributed by atoms with Crippen molar-refractivity contribution >= 4 is 27.3 Å². The summed E-state index contributed by atoms with van der Waals surface area (Å²) in [4.78, 5) is -0.102. The van der Waals surface area contributed by atoms with Crippen molar-refractivity contribution in [3.8, 4) is 11.8 Å². The van der Waals surface area contributed by atoms with Crippen LogP contribution in [0.5, 0.6) is 5.75 Å². The van der Waals surface area contributed by atoms with Gasteiger partial charge in [0.05, 0.1) is 18.4 Å². The fourth-order valence-corrected chi connectivity index (χ4v) is 3.89. The van der Waals surface area contributed by atoms with E-state index in [-0.39, 0.29) is 28.8 Å². The topological polar surface area (TPSA) is 79.6 Å². The van der Waals surface area contributed by atoms with Crippen LogP contribution in [0.3, 0.4) is 0 Å². The van der Waals surface area contributed by atoms with E-state index in [0.717, 1.165) is 4.31 Å². The zero-order valence-corrected chi connectivity index (χ0v) is 15.1. The highest BCUT2D eigenvalue weighted by atomic mass is 35.5. The van der Waals surface area contributed by atoms with E-state index in [2.05, 4.69) is 0 Å². The first-order valence-corrected chi connectivity index (χ1v) is 9.18. The highest BCUT2D eigenvalue weighted by Crippen LogP contribution is 2.32. The van der Waals surface area contributed by atoms with Crippen molar-refractivity contribution in [1.29, 1.82) is 5.26 Å². The predicted octanol–water partition coefficient (Wildman–Crippen LogP) is 3.08. The normalized spacial score (nSPS) is 10.9. The van der Waals surface area contributed by atoms with Crippen molar-refractivity contribution in [2.75, 3.05) is 31.2 Å². The SMILES string of the molecule is COCCOc1ccc(Cl)cc1S(=O)(=O)N(CC#N)c1ccccc1. The number of halogens is 1. The summed E-state index contributed by atoms with van der Waals surface area (Å²) in [5, 5.41) is 9.33. The zero-order chi connectivity index (χ0) is 18.3. The van der Waals surface area contributed by atoms with Crippen LogP contribution in [0.1, 0.15) is 0 Å². The second-order valence-corrected chi connectivity index (χ2v) is 7.20. The number of ether oxygens (including phenoxy) is 2. The van der Waals surface area contributed by atoms with Crippen LogP contribution in [0.15, 0.2) is 53.4 Å². The molecule has 0 atom stereocenters. The van der Waals surface area contributed by atoms with Crippen LogP contribution in [0, 0.1) is 11.3 Å². The van der Waals surface area contributed by atoms with Crippen LogP contribution in [0.25, 0.3) is 0 Å². The summed E-state index contributed by atoms with van der Waals surface area (Å²) in [6.45, 7) is 0.156. The first kappa shape index (κ1) is 19.1. The number of benzene rings is 2. The van der Waals surface area contributed by atoms with E-state index in [1.165, 1.54) is 19.2 Å². The van der Waals surface area contributed by atoms with Gasteiger partial charge in [0.15, 0.2) is 0 Å². The van der Waals surface area contributed by atoms with Gasteiger partial charge in [-0.05, 0) is 30.3 Å². The molecule has 0 aliphatic rings. The number of hydrogen-bond acceptors (Lipinski definition) is 5. The highest BCUT2D eigenvalue weighted by molar-refractivity contribution is 7.93. The Balaban J connectivity index is 2.49. The van der Waals surface area contributed by atoms with Crippen molar-refractivity contribution in [1.82, 2.24) is 0 Å². The number of hydrogen-bond donors (Lipinski definition) is 0. The van der Waals surface area contributed by atoms with Crippen LogP contribution in [0.4, 0.5) is 5.69 Å². The van der Waals surface area contributed by atoms with Gasteiger partial charge < -0.3 is 9.47 Å².